The topological polar surface area (TPSA) is 74.8 Å². The quantitative estimate of drug-likeness (QED) is 0.210. The Morgan fingerprint density at radius 3 is 2.38 bits per heavy atom. The number of amides is 1. The number of ether oxygens (including phenoxy) is 1. The number of nitrogens with one attached hydrogen (secondary N) is 3. The third kappa shape index (κ3) is 12.1. The van der Waals surface area contributed by atoms with Crippen molar-refractivity contribution in [1.82, 2.24) is 10.6 Å². The number of guanidine groups is 1. The van der Waals surface area contributed by atoms with Crippen LogP contribution >= 0.6 is 24.0 Å². The van der Waals surface area contributed by atoms with E-state index in [1.807, 2.05) is 24.3 Å². The molecule has 0 spiro atoms. The van der Waals surface area contributed by atoms with Crippen LogP contribution in [0.25, 0.3) is 0 Å². The fourth-order valence-electron chi connectivity index (χ4n) is 2.20. The highest BCUT2D eigenvalue weighted by Crippen LogP contribution is 2.09. The van der Waals surface area contributed by atoms with E-state index < -0.39 is 0 Å². The number of carbonyl (C=O) groups excluding carboxylic acids is 1. The molecule has 26 heavy (non-hydrogen) atoms. The van der Waals surface area contributed by atoms with Crippen molar-refractivity contribution in [3.63, 3.8) is 0 Å². The Hall–Kier alpha value is -1.35. The van der Waals surface area contributed by atoms with Gasteiger partial charge in [0, 0.05) is 46.0 Å². The van der Waals surface area contributed by atoms with Gasteiger partial charge in [0.15, 0.2) is 5.96 Å². The summed E-state index contributed by atoms with van der Waals surface area (Å²) in [6, 6.07) is 7.88. The minimum atomic E-state index is -0.0566. The number of hydrogen-bond donors (Lipinski definition) is 3. The molecule has 0 aliphatic rings. The molecule has 0 atom stereocenters. The molecule has 3 N–H and O–H groups in total. The molecule has 0 bridgehead atoms. The number of carbonyl (C=O) groups is 1. The molecule has 0 aliphatic heterocycles. The maximum atomic E-state index is 11.0. The maximum Gasteiger partial charge on any atom is 0.221 e. The summed E-state index contributed by atoms with van der Waals surface area (Å²) in [6.45, 7) is 9.02. The Morgan fingerprint density at radius 1 is 1.15 bits per heavy atom. The van der Waals surface area contributed by atoms with E-state index in [2.05, 4.69) is 34.8 Å². The van der Waals surface area contributed by atoms with Gasteiger partial charge >= 0.3 is 0 Å². The summed E-state index contributed by atoms with van der Waals surface area (Å²) in [5.74, 6) is 1.33. The molecule has 0 saturated heterocycles. The second-order valence-corrected chi connectivity index (χ2v) is 6.38. The van der Waals surface area contributed by atoms with Crippen LogP contribution in [-0.4, -0.2) is 45.2 Å². The molecule has 0 unspecified atom stereocenters. The first-order valence-corrected chi connectivity index (χ1v) is 8.90. The van der Waals surface area contributed by atoms with Gasteiger partial charge in [0.25, 0.3) is 0 Å². The highest BCUT2D eigenvalue weighted by molar-refractivity contribution is 14.0. The molecule has 0 radical (unpaired) electrons. The van der Waals surface area contributed by atoms with E-state index in [1.165, 1.54) is 12.5 Å². The number of anilines is 1. The molecule has 148 valence electrons. The second-order valence-electron chi connectivity index (χ2n) is 6.38. The zero-order valence-electron chi connectivity index (χ0n) is 16.3. The normalized spacial score (nSPS) is 11.0. The van der Waals surface area contributed by atoms with E-state index in [0.717, 1.165) is 50.8 Å². The third-order valence-electron chi connectivity index (χ3n) is 3.41. The van der Waals surface area contributed by atoms with Crippen molar-refractivity contribution in [3.05, 3.63) is 29.8 Å². The van der Waals surface area contributed by atoms with Crippen LogP contribution in [0.15, 0.2) is 29.3 Å². The standard InChI is InChI=1S/C19H32N4O2.HI/c1-15(2)14-25-13-5-11-21-19(20-4)22-12-10-17-6-8-18(9-7-17)23-16(3)24;/h6-9,15H,5,10-14H2,1-4H3,(H,23,24)(H2,20,21,22);1H. The van der Waals surface area contributed by atoms with Crippen molar-refractivity contribution in [2.75, 3.05) is 38.7 Å². The molecule has 0 aromatic heterocycles. The number of hydrogen-bond acceptors (Lipinski definition) is 3. The molecule has 1 aromatic rings. The third-order valence-corrected chi connectivity index (χ3v) is 3.41. The number of rotatable bonds is 10. The van der Waals surface area contributed by atoms with Gasteiger partial charge in [-0.3, -0.25) is 9.79 Å². The number of aliphatic imine (C=N–C) groups is 1. The minimum absolute atomic E-state index is 0. The lowest BCUT2D eigenvalue weighted by molar-refractivity contribution is -0.114. The van der Waals surface area contributed by atoms with Gasteiger partial charge in [-0.2, -0.15) is 0 Å². The lowest BCUT2D eigenvalue weighted by atomic mass is 10.1. The van der Waals surface area contributed by atoms with Crippen LogP contribution in [0.1, 0.15) is 32.8 Å². The Kier molecular flexibility index (Phi) is 14.0. The summed E-state index contributed by atoms with van der Waals surface area (Å²) >= 11 is 0. The zero-order valence-corrected chi connectivity index (χ0v) is 18.6. The summed E-state index contributed by atoms with van der Waals surface area (Å²) in [5, 5.41) is 9.35. The zero-order chi connectivity index (χ0) is 18.5. The van der Waals surface area contributed by atoms with Crippen LogP contribution in [0.5, 0.6) is 0 Å². The molecule has 0 aliphatic carbocycles. The van der Waals surface area contributed by atoms with Gasteiger partial charge in [0.05, 0.1) is 0 Å². The Bertz CT molecular complexity index is 533. The van der Waals surface area contributed by atoms with Crippen molar-refractivity contribution >= 4 is 41.5 Å². The van der Waals surface area contributed by atoms with Crippen LogP contribution in [-0.2, 0) is 16.0 Å². The number of halogens is 1. The highest BCUT2D eigenvalue weighted by Gasteiger charge is 2.00. The molecular formula is C19H33IN4O2. The monoisotopic (exact) mass is 476 g/mol. The van der Waals surface area contributed by atoms with Gasteiger partial charge in [-0.1, -0.05) is 26.0 Å². The average Bonchev–Trinajstić information content (AvgIpc) is 2.57. The van der Waals surface area contributed by atoms with E-state index in [0.29, 0.717) is 5.92 Å². The maximum absolute atomic E-state index is 11.0. The SMILES string of the molecule is CN=C(NCCCOCC(C)C)NCCc1ccc(NC(C)=O)cc1.I. The van der Waals surface area contributed by atoms with Crippen LogP contribution in [0, 0.1) is 5.92 Å². The largest absolute Gasteiger partial charge is 0.381 e. The molecule has 1 rings (SSSR count). The van der Waals surface area contributed by atoms with Gasteiger partial charge in [-0.15, -0.1) is 24.0 Å². The predicted octanol–water partition coefficient (Wildman–Crippen LogP) is 3.03. The van der Waals surface area contributed by atoms with Crippen LogP contribution in [0.2, 0.25) is 0 Å². The lowest BCUT2D eigenvalue weighted by Gasteiger charge is -2.12. The van der Waals surface area contributed by atoms with Gasteiger partial charge in [-0.05, 0) is 36.5 Å². The second kappa shape index (κ2) is 14.8. The summed E-state index contributed by atoms with van der Waals surface area (Å²) in [5.41, 5.74) is 2.03. The molecule has 1 aromatic carbocycles. The predicted molar refractivity (Wildman–Crippen MR) is 120 cm³/mol. The van der Waals surface area contributed by atoms with Gasteiger partial charge in [-0.25, -0.2) is 0 Å². The van der Waals surface area contributed by atoms with E-state index in [4.69, 9.17) is 4.74 Å². The average molecular weight is 476 g/mol. The van der Waals surface area contributed by atoms with Gasteiger partial charge in [0.1, 0.15) is 0 Å². The van der Waals surface area contributed by atoms with E-state index in [-0.39, 0.29) is 29.9 Å². The van der Waals surface area contributed by atoms with Crippen molar-refractivity contribution < 1.29 is 9.53 Å². The smallest absolute Gasteiger partial charge is 0.221 e. The summed E-state index contributed by atoms with van der Waals surface area (Å²) < 4.78 is 5.56. The van der Waals surface area contributed by atoms with Crippen molar-refractivity contribution in [2.24, 2.45) is 10.9 Å². The number of nitrogens with zero attached hydrogens (tertiary/aromatic N) is 1. The molecule has 0 saturated carbocycles. The molecular weight excluding hydrogens is 443 g/mol. The van der Waals surface area contributed by atoms with E-state index >= 15 is 0 Å². The van der Waals surface area contributed by atoms with Crippen LogP contribution in [0.4, 0.5) is 5.69 Å². The lowest BCUT2D eigenvalue weighted by Crippen LogP contribution is -2.39. The van der Waals surface area contributed by atoms with Crippen molar-refractivity contribution in [2.45, 2.75) is 33.6 Å². The van der Waals surface area contributed by atoms with Gasteiger partial charge in [0.2, 0.25) is 5.91 Å². The highest BCUT2D eigenvalue weighted by atomic mass is 127. The number of benzene rings is 1. The van der Waals surface area contributed by atoms with Crippen LogP contribution < -0.4 is 16.0 Å². The molecule has 7 heteroatoms. The fraction of sp³-hybridized carbons (Fsp3) is 0.579. The molecule has 1 amide bonds. The minimum Gasteiger partial charge on any atom is -0.381 e. The Morgan fingerprint density at radius 2 is 1.81 bits per heavy atom. The van der Waals surface area contributed by atoms with E-state index in [1.54, 1.807) is 7.05 Å². The summed E-state index contributed by atoms with van der Waals surface area (Å²) in [4.78, 5) is 15.2. The van der Waals surface area contributed by atoms with Gasteiger partial charge < -0.3 is 20.7 Å². The van der Waals surface area contributed by atoms with E-state index in [9.17, 15) is 4.79 Å². The molecule has 0 fully saturated rings. The fourth-order valence-corrected chi connectivity index (χ4v) is 2.20. The Balaban J connectivity index is 0.00000625. The molecule has 0 heterocycles. The first kappa shape index (κ1) is 24.7. The van der Waals surface area contributed by atoms with Crippen molar-refractivity contribution in [1.29, 1.82) is 0 Å². The summed E-state index contributed by atoms with van der Waals surface area (Å²) in [7, 11) is 1.77. The first-order chi connectivity index (χ1) is 12.0. The Labute approximate surface area is 174 Å². The molecule has 6 nitrogen and oxygen atoms in total. The summed E-state index contributed by atoms with van der Waals surface area (Å²) in [6.07, 6.45) is 1.84. The van der Waals surface area contributed by atoms with Crippen LogP contribution in [0.3, 0.4) is 0 Å². The van der Waals surface area contributed by atoms with Crippen molar-refractivity contribution in [3.8, 4) is 0 Å². The first-order valence-electron chi connectivity index (χ1n) is 8.90.